The lowest BCUT2D eigenvalue weighted by Crippen LogP contribution is -2.03. The standard InChI is InChI=1S/C32H27FO5S/c1-21-3-10-26(22(2)34)19-25(21)11-4-23-6-14-29(15-7-23)39(37,38)30-16-8-24(9-17-30)5-12-27-20-28(32(35)36)13-18-31(27)33/h3,5-10,12-20H,4,11H2,1-2H3,(H,35,36)/b12-5+. The van der Waals surface area contributed by atoms with Crippen molar-refractivity contribution < 1.29 is 27.5 Å². The minimum Gasteiger partial charge on any atom is -0.478 e. The van der Waals surface area contributed by atoms with Crippen LogP contribution in [0.15, 0.2) is 94.7 Å². The van der Waals surface area contributed by atoms with Crippen molar-refractivity contribution in [3.8, 4) is 0 Å². The number of carbonyl (C=O) groups excluding carboxylic acids is 1. The largest absolute Gasteiger partial charge is 0.478 e. The van der Waals surface area contributed by atoms with Crippen molar-refractivity contribution in [2.24, 2.45) is 0 Å². The van der Waals surface area contributed by atoms with E-state index in [1.54, 1.807) is 49.4 Å². The molecule has 0 amide bonds. The van der Waals surface area contributed by atoms with Crippen LogP contribution in [0.4, 0.5) is 4.39 Å². The molecule has 7 heteroatoms. The van der Waals surface area contributed by atoms with E-state index < -0.39 is 21.6 Å². The molecule has 0 bridgehead atoms. The molecule has 198 valence electrons. The molecule has 4 aromatic carbocycles. The number of benzene rings is 4. The van der Waals surface area contributed by atoms with Crippen molar-refractivity contribution in [1.82, 2.24) is 0 Å². The predicted molar refractivity (Wildman–Crippen MR) is 149 cm³/mol. The molecule has 0 atom stereocenters. The monoisotopic (exact) mass is 542 g/mol. The van der Waals surface area contributed by atoms with Crippen LogP contribution in [0.2, 0.25) is 0 Å². The second kappa shape index (κ2) is 11.6. The van der Waals surface area contributed by atoms with Gasteiger partial charge in [-0.05, 0) is 97.5 Å². The Bertz CT molecular complexity index is 1670. The Balaban J connectivity index is 1.45. The Morgan fingerprint density at radius 3 is 2.03 bits per heavy atom. The molecule has 0 saturated carbocycles. The van der Waals surface area contributed by atoms with Gasteiger partial charge in [-0.3, -0.25) is 4.79 Å². The zero-order valence-corrected chi connectivity index (χ0v) is 22.3. The van der Waals surface area contributed by atoms with Gasteiger partial charge in [-0.2, -0.15) is 0 Å². The zero-order valence-electron chi connectivity index (χ0n) is 21.5. The molecule has 39 heavy (non-hydrogen) atoms. The second-order valence-electron chi connectivity index (χ2n) is 9.29. The number of ketones is 1. The van der Waals surface area contributed by atoms with E-state index in [9.17, 15) is 22.4 Å². The lowest BCUT2D eigenvalue weighted by atomic mass is 9.97. The third-order valence-corrected chi connectivity index (χ3v) is 8.35. The van der Waals surface area contributed by atoms with Gasteiger partial charge < -0.3 is 5.11 Å². The first-order valence-electron chi connectivity index (χ1n) is 12.3. The maximum absolute atomic E-state index is 14.0. The highest BCUT2D eigenvalue weighted by Crippen LogP contribution is 2.23. The van der Waals surface area contributed by atoms with Crippen molar-refractivity contribution in [2.75, 3.05) is 0 Å². The maximum Gasteiger partial charge on any atom is 0.335 e. The number of sulfone groups is 1. The summed E-state index contributed by atoms with van der Waals surface area (Å²) in [5.74, 6) is -1.69. The van der Waals surface area contributed by atoms with Crippen LogP contribution in [0.3, 0.4) is 0 Å². The Morgan fingerprint density at radius 1 is 0.795 bits per heavy atom. The molecule has 1 N–H and O–H groups in total. The molecule has 0 aliphatic carbocycles. The highest BCUT2D eigenvalue weighted by atomic mass is 32.2. The van der Waals surface area contributed by atoms with Crippen LogP contribution < -0.4 is 0 Å². The summed E-state index contributed by atoms with van der Waals surface area (Å²) in [6.07, 6.45) is 4.48. The van der Waals surface area contributed by atoms with E-state index in [4.69, 9.17) is 5.11 Å². The van der Waals surface area contributed by atoms with E-state index in [-0.39, 0.29) is 26.7 Å². The predicted octanol–water partition coefficient (Wildman–Crippen LogP) is 6.82. The lowest BCUT2D eigenvalue weighted by molar-refractivity contribution is 0.0696. The molecule has 0 aromatic heterocycles. The number of halogens is 1. The maximum atomic E-state index is 14.0. The summed E-state index contributed by atoms with van der Waals surface area (Å²) in [7, 11) is -3.74. The lowest BCUT2D eigenvalue weighted by Gasteiger charge is -2.09. The summed E-state index contributed by atoms with van der Waals surface area (Å²) >= 11 is 0. The first kappa shape index (κ1) is 27.7. The van der Waals surface area contributed by atoms with Gasteiger partial charge in [0.25, 0.3) is 0 Å². The van der Waals surface area contributed by atoms with Crippen molar-refractivity contribution in [3.05, 3.63) is 130 Å². The number of Topliss-reactive ketones (excluding diaryl/α,β-unsaturated/α-hetero) is 1. The van der Waals surface area contributed by atoms with Gasteiger partial charge >= 0.3 is 5.97 Å². The van der Waals surface area contributed by atoms with Crippen LogP contribution in [0.5, 0.6) is 0 Å². The second-order valence-corrected chi connectivity index (χ2v) is 11.2. The van der Waals surface area contributed by atoms with E-state index in [1.807, 2.05) is 25.1 Å². The van der Waals surface area contributed by atoms with Crippen molar-refractivity contribution in [3.63, 3.8) is 0 Å². The smallest absolute Gasteiger partial charge is 0.335 e. The van der Waals surface area contributed by atoms with E-state index in [0.29, 0.717) is 17.5 Å². The Labute approximate surface area is 227 Å². The van der Waals surface area contributed by atoms with Gasteiger partial charge in [0, 0.05) is 11.1 Å². The SMILES string of the molecule is CC(=O)c1ccc(C)c(CCc2ccc(S(=O)(=O)c3ccc(/C=C/c4cc(C(=O)O)ccc4F)cc3)cc2)c1. The van der Waals surface area contributed by atoms with Gasteiger partial charge in [0.15, 0.2) is 5.78 Å². The van der Waals surface area contributed by atoms with Gasteiger partial charge in [0.1, 0.15) is 5.82 Å². The van der Waals surface area contributed by atoms with Crippen molar-refractivity contribution in [2.45, 2.75) is 36.5 Å². The molecule has 0 spiro atoms. The third kappa shape index (κ3) is 6.56. The van der Waals surface area contributed by atoms with Crippen LogP contribution in [-0.2, 0) is 22.7 Å². The number of carboxylic acid groups (broad SMARTS) is 1. The molecular weight excluding hydrogens is 515 g/mol. The van der Waals surface area contributed by atoms with E-state index in [2.05, 4.69) is 0 Å². The molecule has 0 saturated heterocycles. The molecule has 4 rings (SSSR count). The van der Waals surface area contributed by atoms with Gasteiger partial charge in [-0.1, -0.05) is 48.6 Å². The highest BCUT2D eigenvalue weighted by Gasteiger charge is 2.17. The number of carboxylic acids is 1. The molecule has 0 aliphatic heterocycles. The Kier molecular flexibility index (Phi) is 8.21. The molecule has 0 unspecified atom stereocenters. The summed E-state index contributed by atoms with van der Waals surface area (Å²) in [4.78, 5) is 23.1. The van der Waals surface area contributed by atoms with Crippen molar-refractivity contribution >= 4 is 33.7 Å². The van der Waals surface area contributed by atoms with Crippen LogP contribution >= 0.6 is 0 Å². The van der Waals surface area contributed by atoms with E-state index in [0.717, 1.165) is 29.2 Å². The van der Waals surface area contributed by atoms with Gasteiger partial charge in [0.05, 0.1) is 15.4 Å². The van der Waals surface area contributed by atoms with Crippen molar-refractivity contribution in [1.29, 1.82) is 0 Å². The number of carbonyl (C=O) groups is 2. The minimum absolute atomic E-state index is 0.0225. The molecular formula is C32H27FO5S. The number of aryl methyl sites for hydroxylation is 3. The molecule has 0 radical (unpaired) electrons. The normalized spacial score (nSPS) is 11.6. The van der Waals surface area contributed by atoms with Crippen LogP contribution in [0.25, 0.3) is 12.2 Å². The average Bonchev–Trinajstić information content (AvgIpc) is 2.92. The summed E-state index contributed by atoms with van der Waals surface area (Å²) < 4.78 is 40.3. The fraction of sp³-hybridized carbons (Fsp3) is 0.125. The van der Waals surface area contributed by atoms with Crippen LogP contribution in [0.1, 0.15) is 55.5 Å². The number of rotatable bonds is 9. The number of hydrogen-bond donors (Lipinski definition) is 1. The number of aromatic carboxylic acids is 1. The average molecular weight is 543 g/mol. The fourth-order valence-corrected chi connectivity index (χ4v) is 5.42. The van der Waals surface area contributed by atoms with Crippen LogP contribution in [0, 0.1) is 12.7 Å². The molecule has 5 nitrogen and oxygen atoms in total. The quantitative estimate of drug-likeness (QED) is 0.185. The Hall–Kier alpha value is -4.36. The number of hydrogen-bond acceptors (Lipinski definition) is 4. The topological polar surface area (TPSA) is 88.5 Å². The van der Waals surface area contributed by atoms with Gasteiger partial charge in [-0.25, -0.2) is 17.6 Å². The highest BCUT2D eigenvalue weighted by molar-refractivity contribution is 7.91. The first-order valence-corrected chi connectivity index (χ1v) is 13.8. The summed E-state index contributed by atoms with van der Waals surface area (Å²) in [6.45, 7) is 3.55. The summed E-state index contributed by atoms with van der Waals surface area (Å²) in [5, 5.41) is 9.10. The molecule has 4 aromatic rings. The van der Waals surface area contributed by atoms with Gasteiger partial charge in [0.2, 0.25) is 9.84 Å². The fourth-order valence-electron chi connectivity index (χ4n) is 4.16. The Morgan fingerprint density at radius 2 is 1.41 bits per heavy atom. The van der Waals surface area contributed by atoms with E-state index >= 15 is 0 Å². The minimum atomic E-state index is -3.74. The zero-order chi connectivity index (χ0) is 28.2. The molecule has 0 fully saturated rings. The molecule has 0 aliphatic rings. The van der Waals surface area contributed by atoms with Crippen LogP contribution in [-0.4, -0.2) is 25.3 Å². The molecule has 0 heterocycles. The third-order valence-electron chi connectivity index (χ3n) is 6.56. The van der Waals surface area contributed by atoms with E-state index in [1.165, 1.54) is 30.3 Å². The van der Waals surface area contributed by atoms with Gasteiger partial charge in [-0.15, -0.1) is 0 Å². The summed E-state index contributed by atoms with van der Waals surface area (Å²) in [6, 6.07) is 22.2. The first-order chi connectivity index (χ1) is 18.5. The summed E-state index contributed by atoms with van der Waals surface area (Å²) in [5.41, 5.74) is 4.59.